The molecule has 0 aliphatic carbocycles. The van der Waals surface area contributed by atoms with E-state index in [1.807, 2.05) is 0 Å². The van der Waals surface area contributed by atoms with Crippen molar-refractivity contribution in [3.63, 3.8) is 0 Å². The summed E-state index contributed by atoms with van der Waals surface area (Å²) in [6.45, 7) is 2.19. The number of ether oxygens (including phenoxy) is 1. The van der Waals surface area contributed by atoms with Gasteiger partial charge in [0.05, 0.1) is 6.54 Å². The number of nitrogens with one attached hydrogen (secondary N) is 1. The molecule has 6 heteroatoms. The lowest BCUT2D eigenvalue weighted by atomic mass is 10.2. The van der Waals surface area contributed by atoms with E-state index in [-0.39, 0.29) is 37.3 Å². The molecule has 0 saturated carbocycles. The maximum absolute atomic E-state index is 12.8. The molecule has 18 heavy (non-hydrogen) atoms. The van der Waals surface area contributed by atoms with Gasteiger partial charge in [0.2, 0.25) is 5.91 Å². The molecule has 0 aliphatic heterocycles. The van der Waals surface area contributed by atoms with E-state index in [0.717, 1.165) is 12.1 Å². The van der Waals surface area contributed by atoms with Crippen molar-refractivity contribution >= 4 is 5.91 Å². The molecule has 0 aromatic heterocycles. The molecule has 3 N–H and O–H groups in total. The fraction of sp³-hybridized carbons (Fsp3) is 0.417. The van der Waals surface area contributed by atoms with Crippen LogP contribution in [0.5, 0.6) is 5.75 Å². The zero-order valence-corrected chi connectivity index (χ0v) is 10.1. The summed E-state index contributed by atoms with van der Waals surface area (Å²) in [6, 6.07) is 3.07. The summed E-state index contributed by atoms with van der Waals surface area (Å²) in [5.41, 5.74) is 5.45. The average Bonchev–Trinajstić information content (AvgIpc) is 2.28. The second kappa shape index (κ2) is 6.90. The molecule has 0 aliphatic rings. The number of benzene rings is 1. The van der Waals surface area contributed by atoms with Crippen LogP contribution in [0.15, 0.2) is 18.2 Å². The molecular weight excluding hydrogens is 242 g/mol. The number of hydrogen-bond acceptors (Lipinski definition) is 3. The molecule has 1 rings (SSSR count). The first-order chi connectivity index (χ1) is 8.49. The molecule has 1 aromatic rings. The van der Waals surface area contributed by atoms with Gasteiger partial charge in [0.15, 0.2) is 11.6 Å². The summed E-state index contributed by atoms with van der Waals surface area (Å²) in [7, 11) is 0. The van der Waals surface area contributed by atoms with Gasteiger partial charge in [0.1, 0.15) is 12.4 Å². The Morgan fingerprint density at radius 2 is 2.17 bits per heavy atom. The Morgan fingerprint density at radius 1 is 1.44 bits per heavy atom. The zero-order valence-electron chi connectivity index (χ0n) is 10.1. The quantitative estimate of drug-likeness (QED) is 0.753. The molecule has 1 amide bonds. The molecule has 0 bridgehead atoms. The van der Waals surface area contributed by atoms with Crippen molar-refractivity contribution in [2.45, 2.75) is 19.4 Å². The van der Waals surface area contributed by atoms with Gasteiger partial charge in [0, 0.05) is 18.5 Å². The summed E-state index contributed by atoms with van der Waals surface area (Å²) in [5.74, 6) is -1.84. The molecule has 1 aromatic carbocycles. The van der Waals surface area contributed by atoms with E-state index in [1.165, 1.54) is 6.07 Å². The molecule has 1 unspecified atom stereocenters. The molecule has 0 radical (unpaired) electrons. The van der Waals surface area contributed by atoms with Crippen molar-refractivity contribution in [2.24, 2.45) is 5.73 Å². The van der Waals surface area contributed by atoms with Crippen LogP contribution in [-0.4, -0.2) is 25.1 Å². The lowest BCUT2D eigenvalue weighted by Gasteiger charge is -2.09. The molecule has 0 heterocycles. The minimum atomic E-state index is -0.964. The first kappa shape index (κ1) is 14.4. The van der Waals surface area contributed by atoms with Crippen molar-refractivity contribution in [1.29, 1.82) is 0 Å². The van der Waals surface area contributed by atoms with Crippen LogP contribution in [0.3, 0.4) is 0 Å². The monoisotopic (exact) mass is 258 g/mol. The van der Waals surface area contributed by atoms with Crippen LogP contribution in [0.2, 0.25) is 0 Å². The Kier molecular flexibility index (Phi) is 5.51. The largest absolute Gasteiger partial charge is 0.492 e. The lowest BCUT2D eigenvalue weighted by Crippen LogP contribution is -2.32. The molecule has 0 saturated heterocycles. The SMILES string of the molecule is CC(N)CC(=O)NCCOc1ccc(F)c(F)c1. The van der Waals surface area contributed by atoms with Crippen molar-refractivity contribution in [3.8, 4) is 5.75 Å². The topological polar surface area (TPSA) is 64.4 Å². The fourth-order valence-electron chi connectivity index (χ4n) is 1.29. The third-order valence-corrected chi connectivity index (χ3v) is 2.09. The van der Waals surface area contributed by atoms with Gasteiger partial charge in [-0.1, -0.05) is 0 Å². The summed E-state index contributed by atoms with van der Waals surface area (Å²) in [5, 5.41) is 2.60. The number of carbonyl (C=O) groups excluding carboxylic acids is 1. The van der Waals surface area contributed by atoms with Crippen molar-refractivity contribution in [3.05, 3.63) is 29.8 Å². The van der Waals surface area contributed by atoms with E-state index >= 15 is 0 Å². The molecule has 0 fully saturated rings. The van der Waals surface area contributed by atoms with Crippen molar-refractivity contribution in [1.82, 2.24) is 5.32 Å². The maximum atomic E-state index is 12.8. The van der Waals surface area contributed by atoms with Crippen LogP contribution in [0.1, 0.15) is 13.3 Å². The van der Waals surface area contributed by atoms with E-state index in [0.29, 0.717) is 0 Å². The van der Waals surface area contributed by atoms with Gasteiger partial charge < -0.3 is 15.8 Å². The second-order valence-electron chi connectivity index (χ2n) is 3.96. The highest BCUT2D eigenvalue weighted by Crippen LogP contribution is 2.14. The lowest BCUT2D eigenvalue weighted by molar-refractivity contribution is -0.121. The molecule has 0 spiro atoms. The molecule has 100 valence electrons. The number of nitrogens with two attached hydrogens (primary N) is 1. The minimum absolute atomic E-state index is 0.168. The Bertz CT molecular complexity index is 411. The Morgan fingerprint density at radius 3 is 2.78 bits per heavy atom. The number of halogens is 2. The van der Waals surface area contributed by atoms with Crippen LogP contribution in [0.4, 0.5) is 8.78 Å². The third kappa shape index (κ3) is 5.09. The van der Waals surface area contributed by atoms with Crippen LogP contribution in [0.25, 0.3) is 0 Å². The first-order valence-corrected chi connectivity index (χ1v) is 5.59. The normalized spacial score (nSPS) is 12.0. The van der Waals surface area contributed by atoms with Crippen LogP contribution >= 0.6 is 0 Å². The van der Waals surface area contributed by atoms with E-state index in [2.05, 4.69) is 5.32 Å². The van der Waals surface area contributed by atoms with Gasteiger partial charge in [-0.3, -0.25) is 4.79 Å². The Hall–Kier alpha value is -1.69. The Labute approximate surface area is 104 Å². The van der Waals surface area contributed by atoms with Crippen LogP contribution < -0.4 is 15.8 Å². The summed E-state index contributed by atoms with van der Waals surface area (Å²) >= 11 is 0. The maximum Gasteiger partial charge on any atom is 0.221 e. The molecule has 4 nitrogen and oxygen atoms in total. The van der Waals surface area contributed by atoms with Crippen molar-refractivity contribution < 1.29 is 18.3 Å². The van der Waals surface area contributed by atoms with Gasteiger partial charge in [-0.25, -0.2) is 8.78 Å². The highest BCUT2D eigenvalue weighted by atomic mass is 19.2. The predicted octanol–water partition coefficient (Wildman–Crippen LogP) is 1.20. The number of hydrogen-bond donors (Lipinski definition) is 2. The average molecular weight is 258 g/mol. The summed E-state index contributed by atoms with van der Waals surface area (Å²) in [6.07, 6.45) is 0.241. The highest BCUT2D eigenvalue weighted by Gasteiger charge is 2.05. The standard InChI is InChI=1S/C12H16F2N2O2/c1-8(15)6-12(17)16-4-5-18-9-2-3-10(13)11(14)7-9/h2-3,7-8H,4-6,15H2,1H3,(H,16,17). The predicted molar refractivity (Wildman–Crippen MR) is 63.1 cm³/mol. The van der Waals surface area contributed by atoms with Crippen LogP contribution in [-0.2, 0) is 4.79 Å². The van der Waals surface area contributed by atoms with Gasteiger partial charge in [-0.15, -0.1) is 0 Å². The summed E-state index contributed by atoms with van der Waals surface area (Å²) in [4.78, 5) is 11.2. The fourth-order valence-corrected chi connectivity index (χ4v) is 1.29. The zero-order chi connectivity index (χ0) is 13.5. The smallest absolute Gasteiger partial charge is 0.221 e. The summed E-state index contributed by atoms with van der Waals surface area (Å²) < 4.78 is 30.6. The van der Waals surface area contributed by atoms with Crippen molar-refractivity contribution in [2.75, 3.05) is 13.2 Å². The van der Waals surface area contributed by atoms with Gasteiger partial charge in [-0.05, 0) is 19.1 Å². The van der Waals surface area contributed by atoms with E-state index in [1.54, 1.807) is 6.92 Å². The number of carbonyl (C=O) groups is 1. The number of rotatable bonds is 6. The minimum Gasteiger partial charge on any atom is -0.492 e. The highest BCUT2D eigenvalue weighted by molar-refractivity contribution is 5.76. The van der Waals surface area contributed by atoms with E-state index < -0.39 is 11.6 Å². The first-order valence-electron chi connectivity index (χ1n) is 5.59. The van der Waals surface area contributed by atoms with Gasteiger partial charge in [0.25, 0.3) is 0 Å². The van der Waals surface area contributed by atoms with E-state index in [9.17, 15) is 13.6 Å². The Balaban J connectivity index is 2.25. The molecular formula is C12H16F2N2O2. The van der Waals surface area contributed by atoms with E-state index in [4.69, 9.17) is 10.5 Å². The molecule has 1 atom stereocenters. The van der Waals surface area contributed by atoms with Gasteiger partial charge in [-0.2, -0.15) is 0 Å². The third-order valence-electron chi connectivity index (χ3n) is 2.09. The second-order valence-corrected chi connectivity index (χ2v) is 3.96. The van der Waals surface area contributed by atoms with Gasteiger partial charge >= 0.3 is 0 Å². The number of amides is 1. The van der Waals surface area contributed by atoms with Crippen LogP contribution in [0, 0.1) is 11.6 Å².